The van der Waals surface area contributed by atoms with Crippen LogP contribution in [0.2, 0.25) is 0 Å². The first-order chi connectivity index (χ1) is 9.94. The third kappa shape index (κ3) is 3.39. The molecule has 0 unspecified atom stereocenters. The molecular weight excluding hydrogens is 270 g/mol. The highest BCUT2D eigenvalue weighted by Gasteiger charge is 2.34. The highest BCUT2D eigenvalue weighted by atomic mass is 16.6. The summed E-state index contributed by atoms with van der Waals surface area (Å²) in [6, 6.07) is 4.95. The average Bonchev–Trinajstić information content (AvgIpc) is 2.46. The highest BCUT2D eigenvalue weighted by molar-refractivity contribution is 5.82. The molecule has 1 amide bonds. The van der Waals surface area contributed by atoms with E-state index in [1.54, 1.807) is 13.0 Å². The predicted octanol–water partition coefficient (Wildman–Crippen LogP) is 1.91. The van der Waals surface area contributed by atoms with Gasteiger partial charge in [-0.3, -0.25) is 14.9 Å². The van der Waals surface area contributed by atoms with E-state index in [4.69, 9.17) is 0 Å². The lowest BCUT2D eigenvalue weighted by Crippen LogP contribution is -2.45. The molecule has 1 fully saturated rings. The maximum absolute atomic E-state index is 12.4. The zero-order valence-corrected chi connectivity index (χ0v) is 12.4. The Morgan fingerprint density at radius 2 is 2.10 bits per heavy atom. The standard InChI is InChI=1S/C15H21N3O3/c1-11-12(4-3-5-13(11)18(20)21)10-17-14(19)15(2)6-8-16-9-7-15/h3-5,16H,6-10H2,1-2H3,(H,17,19). The summed E-state index contributed by atoms with van der Waals surface area (Å²) in [4.78, 5) is 22.9. The van der Waals surface area contributed by atoms with Crippen molar-refractivity contribution in [3.63, 3.8) is 0 Å². The van der Waals surface area contributed by atoms with Gasteiger partial charge in [0.15, 0.2) is 0 Å². The number of benzene rings is 1. The third-order valence-electron chi connectivity index (χ3n) is 4.31. The Balaban J connectivity index is 2.04. The first-order valence-corrected chi connectivity index (χ1v) is 7.16. The molecule has 114 valence electrons. The van der Waals surface area contributed by atoms with Crippen molar-refractivity contribution >= 4 is 11.6 Å². The quantitative estimate of drug-likeness (QED) is 0.655. The number of hydrogen-bond acceptors (Lipinski definition) is 4. The van der Waals surface area contributed by atoms with Crippen molar-refractivity contribution in [1.29, 1.82) is 0 Å². The number of amides is 1. The molecule has 0 aliphatic carbocycles. The van der Waals surface area contributed by atoms with E-state index < -0.39 is 4.92 Å². The molecule has 6 nitrogen and oxygen atoms in total. The number of nitrogens with one attached hydrogen (secondary N) is 2. The molecule has 1 aliphatic rings. The average molecular weight is 291 g/mol. The maximum atomic E-state index is 12.4. The molecule has 0 atom stereocenters. The minimum Gasteiger partial charge on any atom is -0.352 e. The van der Waals surface area contributed by atoms with E-state index in [2.05, 4.69) is 10.6 Å². The largest absolute Gasteiger partial charge is 0.352 e. The number of carbonyl (C=O) groups is 1. The predicted molar refractivity (Wildman–Crippen MR) is 79.9 cm³/mol. The summed E-state index contributed by atoms with van der Waals surface area (Å²) >= 11 is 0. The van der Waals surface area contributed by atoms with Gasteiger partial charge in [0.05, 0.1) is 4.92 Å². The topological polar surface area (TPSA) is 84.3 Å². The van der Waals surface area contributed by atoms with Crippen LogP contribution < -0.4 is 10.6 Å². The first-order valence-electron chi connectivity index (χ1n) is 7.16. The van der Waals surface area contributed by atoms with Gasteiger partial charge in [0.25, 0.3) is 5.69 Å². The number of nitro benzene ring substituents is 1. The van der Waals surface area contributed by atoms with Crippen LogP contribution in [-0.2, 0) is 11.3 Å². The monoisotopic (exact) mass is 291 g/mol. The van der Waals surface area contributed by atoms with Crippen molar-refractivity contribution in [2.24, 2.45) is 5.41 Å². The molecular formula is C15H21N3O3. The molecule has 0 aromatic heterocycles. The Bertz CT molecular complexity index is 551. The van der Waals surface area contributed by atoms with Gasteiger partial charge in [-0.15, -0.1) is 0 Å². The Hall–Kier alpha value is -1.95. The number of nitrogens with zero attached hydrogens (tertiary/aromatic N) is 1. The summed E-state index contributed by atoms with van der Waals surface area (Å²) in [5.74, 6) is 0.0231. The summed E-state index contributed by atoms with van der Waals surface area (Å²) in [7, 11) is 0. The van der Waals surface area contributed by atoms with Crippen molar-refractivity contribution in [3.8, 4) is 0 Å². The minimum atomic E-state index is -0.394. The van der Waals surface area contributed by atoms with Gasteiger partial charge < -0.3 is 10.6 Å². The summed E-state index contributed by atoms with van der Waals surface area (Å²) in [6.45, 7) is 5.71. The molecule has 1 heterocycles. The lowest BCUT2D eigenvalue weighted by Gasteiger charge is -2.32. The van der Waals surface area contributed by atoms with Gasteiger partial charge >= 0.3 is 0 Å². The fraction of sp³-hybridized carbons (Fsp3) is 0.533. The van der Waals surface area contributed by atoms with Crippen LogP contribution in [0, 0.1) is 22.5 Å². The van der Waals surface area contributed by atoms with Crippen molar-refractivity contribution in [2.75, 3.05) is 13.1 Å². The molecule has 2 rings (SSSR count). The Labute approximate surface area is 124 Å². The van der Waals surface area contributed by atoms with Crippen LogP contribution in [-0.4, -0.2) is 23.9 Å². The van der Waals surface area contributed by atoms with Crippen LogP contribution in [0.3, 0.4) is 0 Å². The SMILES string of the molecule is Cc1c(CNC(=O)C2(C)CCNCC2)cccc1[N+](=O)[O-]. The summed E-state index contributed by atoms with van der Waals surface area (Å²) in [6.07, 6.45) is 1.62. The summed E-state index contributed by atoms with van der Waals surface area (Å²) in [5.41, 5.74) is 1.14. The number of hydrogen-bond donors (Lipinski definition) is 2. The number of carbonyl (C=O) groups excluding carboxylic acids is 1. The molecule has 1 aromatic rings. The Kier molecular flexibility index (Phi) is 4.57. The first kappa shape index (κ1) is 15.4. The molecule has 1 saturated heterocycles. The lowest BCUT2D eigenvalue weighted by atomic mass is 9.80. The second-order valence-electron chi connectivity index (χ2n) is 5.81. The number of rotatable bonds is 4. The fourth-order valence-corrected chi connectivity index (χ4v) is 2.65. The highest BCUT2D eigenvalue weighted by Crippen LogP contribution is 2.28. The van der Waals surface area contributed by atoms with E-state index in [9.17, 15) is 14.9 Å². The van der Waals surface area contributed by atoms with Gasteiger partial charge in [-0.2, -0.15) is 0 Å². The molecule has 0 spiro atoms. The molecule has 0 bridgehead atoms. The van der Waals surface area contributed by atoms with Crippen LogP contribution >= 0.6 is 0 Å². The van der Waals surface area contributed by atoms with E-state index in [-0.39, 0.29) is 17.0 Å². The van der Waals surface area contributed by atoms with E-state index >= 15 is 0 Å². The van der Waals surface area contributed by atoms with Crippen LogP contribution in [0.25, 0.3) is 0 Å². The normalized spacial score (nSPS) is 17.2. The van der Waals surface area contributed by atoms with Crippen molar-refractivity contribution in [2.45, 2.75) is 33.2 Å². The van der Waals surface area contributed by atoms with E-state index in [1.807, 2.05) is 13.0 Å². The van der Waals surface area contributed by atoms with Gasteiger partial charge in [-0.1, -0.05) is 19.1 Å². The third-order valence-corrected chi connectivity index (χ3v) is 4.31. The number of nitro groups is 1. The van der Waals surface area contributed by atoms with Crippen molar-refractivity contribution in [3.05, 3.63) is 39.4 Å². The van der Waals surface area contributed by atoms with Gasteiger partial charge in [0.2, 0.25) is 5.91 Å². The van der Waals surface area contributed by atoms with Crippen LogP contribution in [0.1, 0.15) is 30.9 Å². The molecule has 6 heteroatoms. The molecule has 0 saturated carbocycles. The van der Waals surface area contributed by atoms with Gasteiger partial charge in [-0.25, -0.2) is 0 Å². The number of piperidine rings is 1. The zero-order chi connectivity index (χ0) is 15.5. The second kappa shape index (κ2) is 6.22. The van der Waals surface area contributed by atoms with E-state index in [1.165, 1.54) is 6.07 Å². The molecule has 0 radical (unpaired) electrons. The van der Waals surface area contributed by atoms with Crippen molar-refractivity contribution in [1.82, 2.24) is 10.6 Å². The summed E-state index contributed by atoms with van der Waals surface area (Å²) in [5, 5.41) is 17.1. The molecule has 21 heavy (non-hydrogen) atoms. The molecule has 2 N–H and O–H groups in total. The van der Waals surface area contributed by atoms with Crippen LogP contribution in [0.4, 0.5) is 5.69 Å². The Morgan fingerprint density at radius 3 is 2.71 bits per heavy atom. The molecule has 1 aromatic carbocycles. The second-order valence-corrected chi connectivity index (χ2v) is 5.81. The zero-order valence-electron chi connectivity index (χ0n) is 12.4. The van der Waals surface area contributed by atoms with Crippen molar-refractivity contribution < 1.29 is 9.72 Å². The van der Waals surface area contributed by atoms with Gasteiger partial charge in [0.1, 0.15) is 0 Å². The van der Waals surface area contributed by atoms with Crippen LogP contribution in [0.5, 0.6) is 0 Å². The smallest absolute Gasteiger partial charge is 0.272 e. The Morgan fingerprint density at radius 1 is 1.43 bits per heavy atom. The minimum absolute atomic E-state index is 0.0231. The maximum Gasteiger partial charge on any atom is 0.272 e. The fourth-order valence-electron chi connectivity index (χ4n) is 2.65. The summed E-state index contributed by atoms with van der Waals surface area (Å²) < 4.78 is 0. The van der Waals surface area contributed by atoms with E-state index in [0.717, 1.165) is 31.5 Å². The molecule has 1 aliphatic heterocycles. The lowest BCUT2D eigenvalue weighted by molar-refractivity contribution is -0.385. The van der Waals surface area contributed by atoms with E-state index in [0.29, 0.717) is 12.1 Å². The van der Waals surface area contributed by atoms with Crippen LogP contribution in [0.15, 0.2) is 18.2 Å². The van der Waals surface area contributed by atoms with Gasteiger partial charge in [-0.05, 0) is 38.4 Å². The van der Waals surface area contributed by atoms with Gasteiger partial charge in [0, 0.05) is 23.6 Å².